The Bertz CT molecular complexity index is 769. The van der Waals surface area contributed by atoms with Crippen LogP contribution in [0, 0.1) is 0 Å². The molecule has 3 rings (SSSR count). The molecule has 118 valence electrons. The van der Waals surface area contributed by atoms with E-state index in [1.54, 1.807) is 13.2 Å². The number of hydrogen-bond donors (Lipinski definition) is 1. The maximum Gasteiger partial charge on any atom is 0.274 e. The Morgan fingerprint density at radius 3 is 2.86 bits per heavy atom. The number of nitrogens with zero attached hydrogens (tertiary/aromatic N) is 3. The highest BCUT2D eigenvalue weighted by Gasteiger charge is 2.25. The van der Waals surface area contributed by atoms with Crippen molar-refractivity contribution in [2.45, 2.75) is 24.5 Å². The molecule has 1 atom stereocenters. The largest absolute Gasteiger partial charge is 0.367 e. The SMILES string of the molecule is CC(CNS(=O)(=O)c1nccn1C)N1CCc2ccccc21. The van der Waals surface area contributed by atoms with E-state index < -0.39 is 10.0 Å². The zero-order chi connectivity index (χ0) is 15.7. The van der Waals surface area contributed by atoms with Gasteiger partial charge < -0.3 is 9.47 Å². The lowest BCUT2D eigenvalue weighted by Crippen LogP contribution is -2.41. The number of rotatable bonds is 5. The highest BCUT2D eigenvalue weighted by molar-refractivity contribution is 7.89. The van der Waals surface area contributed by atoms with Gasteiger partial charge >= 0.3 is 0 Å². The standard InChI is InChI=1S/C15H20N4O2S/c1-12(19-9-7-13-5-3-4-6-14(13)19)11-17-22(20,21)15-16-8-10-18(15)2/h3-6,8,10,12,17H,7,9,11H2,1-2H3. The Labute approximate surface area is 130 Å². The number of para-hydroxylation sites is 1. The monoisotopic (exact) mass is 320 g/mol. The van der Waals surface area contributed by atoms with Crippen LogP contribution in [-0.2, 0) is 23.5 Å². The van der Waals surface area contributed by atoms with Crippen LogP contribution in [0.25, 0.3) is 0 Å². The van der Waals surface area contributed by atoms with Crippen molar-refractivity contribution < 1.29 is 8.42 Å². The summed E-state index contributed by atoms with van der Waals surface area (Å²) in [6.45, 7) is 3.30. The van der Waals surface area contributed by atoms with Crippen LogP contribution in [0.1, 0.15) is 12.5 Å². The van der Waals surface area contributed by atoms with Crippen molar-refractivity contribution in [3.8, 4) is 0 Å². The maximum atomic E-state index is 12.3. The molecule has 7 heteroatoms. The summed E-state index contributed by atoms with van der Waals surface area (Å²) in [7, 11) is -1.91. The van der Waals surface area contributed by atoms with E-state index in [1.165, 1.54) is 22.0 Å². The molecule has 0 bridgehead atoms. The number of aryl methyl sites for hydroxylation is 1. The van der Waals surface area contributed by atoms with Gasteiger partial charge in [-0.15, -0.1) is 0 Å². The van der Waals surface area contributed by atoms with Crippen LogP contribution < -0.4 is 9.62 Å². The molecule has 1 aromatic carbocycles. The molecule has 1 N–H and O–H groups in total. The van der Waals surface area contributed by atoms with E-state index in [2.05, 4.69) is 26.7 Å². The molecule has 1 unspecified atom stereocenters. The van der Waals surface area contributed by atoms with Gasteiger partial charge in [0, 0.05) is 44.3 Å². The van der Waals surface area contributed by atoms with Crippen molar-refractivity contribution in [3.05, 3.63) is 42.2 Å². The average molecular weight is 320 g/mol. The van der Waals surface area contributed by atoms with Gasteiger partial charge in [0.25, 0.3) is 10.0 Å². The number of anilines is 1. The van der Waals surface area contributed by atoms with Gasteiger partial charge in [-0.2, -0.15) is 0 Å². The highest BCUT2D eigenvalue weighted by atomic mass is 32.2. The van der Waals surface area contributed by atoms with E-state index >= 15 is 0 Å². The molecule has 0 saturated carbocycles. The van der Waals surface area contributed by atoms with Gasteiger partial charge in [-0.3, -0.25) is 0 Å². The first-order valence-electron chi connectivity index (χ1n) is 7.30. The smallest absolute Gasteiger partial charge is 0.274 e. The van der Waals surface area contributed by atoms with Crippen molar-refractivity contribution in [1.29, 1.82) is 0 Å². The molecule has 0 spiro atoms. The third-order valence-electron chi connectivity index (χ3n) is 4.04. The lowest BCUT2D eigenvalue weighted by molar-refractivity contribution is 0.552. The molecule has 2 aromatic rings. The van der Waals surface area contributed by atoms with E-state index in [9.17, 15) is 8.42 Å². The Morgan fingerprint density at radius 1 is 1.36 bits per heavy atom. The number of sulfonamides is 1. The van der Waals surface area contributed by atoms with E-state index in [1.807, 2.05) is 19.1 Å². The van der Waals surface area contributed by atoms with Gasteiger partial charge in [0.05, 0.1) is 0 Å². The number of aromatic nitrogens is 2. The minimum Gasteiger partial charge on any atom is -0.367 e. The maximum absolute atomic E-state index is 12.3. The second-order valence-electron chi connectivity index (χ2n) is 5.59. The predicted molar refractivity (Wildman–Crippen MR) is 85.4 cm³/mol. The summed E-state index contributed by atoms with van der Waals surface area (Å²) in [6.07, 6.45) is 4.11. The zero-order valence-electron chi connectivity index (χ0n) is 12.7. The van der Waals surface area contributed by atoms with Crippen molar-refractivity contribution >= 4 is 15.7 Å². The van der Waals surface area contributed by atoms with Crippen LogP contribution in [0.3, 0.4) is 0 Å². The first kappa shape index (κ1) is 15.1. The van der Waals surface area contributed by atoms with E-state index in [0.29, 0.717) is 6.54 Å². The molecule has 22 heavy (non-hydrogen) atoms. The number of hydrogen-bond acceptors (Lipinski definition) is 4. The third-order valence-corrected chi connectivity index (χ3v) is 5.46. The van der Waals surface area contributed by atoms with Crippen LogP contribution in [0.4, 0.5) is 5.69 Å². The Balaban J connectivity index is 1.69. The average Bonchev–Trinajstić information content (AvgIpc) is 3.11. The lowest BCUT2D eigenvalue weighted by Gasteiger charge is -2.27. The Hall–Kier alpha value is -1.86. The van der Waals surface area contributed by atoms with Crippen LogP contribution in [0.5, 0.6) is 0 Å². The fourth-order valence-corrected chi connectivity index (χ4v) is 4.07. The summed E-state index contributed by atoms with van der Waals surface area (Å²) >= 11 is 0. The van der Waals surface area contributed by atoms with E-state index in [-0.39, 0.29) is 11.2 Å². The summed E-state index contributed by atoms with van der Waals surface area (Å²) < 4.78 is 28.7. The molecule has 1 aliphatic rings. The molecule has 0 fully saturated rings. The highest BCUT2D eigenvalue weighted by Crippen LogP contribution is 2.28. The van der Waals surface area contributed by atoms with Crippen LogP contribution in [0.2, 0.25) is 0 Å². The topological polar surface area (TPSA) is 67.2 Å². The summed E-state index contributed by atoms with van der Waals surface area (Å²) in [6, 6.07) is 8.35. The summed E-state index contributed by atoms with van der Waals surface area (Å²) in [5.41, 5.74) is 2.52. The predicted octanol–water partition coefficient (Wildman–Crippen LogP) is 1.15. The molecular formula is C15H20N4O2S. The lowest BCUT2D eigenvalue weighted by atomic mass is 10.2. The van der Waals surface area contributed by atoms with Crippen molar-refractivity contribution in [3.63, 3.8) is 0 Å². The van der Waals surface area contributed by atoms with Crippen molar-refractivity contribution in [1.82, 2.24) is 14.3 Å². The van der Waals surface area contributed by atoms with Crippen molar-refractivity contribution in [2.24, 2.45) is 7.05 Å². The molecule has 0 saturated heterocycles. The van der Waals surface area contributed by atoms with Crippen molar-refractivity contribution in [2.75, 3.05) is 18.0 Å². The molecule has 0 aliphatic carbocycles. The number of nitrogens with one attached hydrogen (secondary N) is 1. The van der Waals surface area contributed by atoms with Crippen LogP contribution in [0.15, 0.2) is 41.8 Å². The summed E-state index contributed by atoms with van der Waals surface area (Å²) in [5.74, 6) is 0. The molecule has 2 heterocycles. The first-order valence-corrected chi connectivity index (χ1v) is 8.79. The Morgan fingerprint density at radius 2 is 2.14 bits per heavy atom. The van der Waals surface area contributed by atoms with E-state index in [4.69, 9.17) is 0 Å². The minimum absolute atomic E-state index is 0.0431. The van der Waals surface area contributed by atoms with Gasteiger partial charge in [-0.1, -0.05) is 18.2 Å². The molecule has 6 nitrogen and oxygen atoms in total. The van der Waals surface area contributed by atoms with Gasteiger partial charge in [0.2, 0.25) is 5.16 Å². The molecular weight excluding hydrogens is 300 g/mol. The fraction of sp³-hybridized carbons (Fsp3) is 0.400. The number of imidazole rings is 1. The van der Waals surface area contributed by atoms with E-state index in [0.717, 1.165) is 13.0 Å². The summed E-state index contributed by atoms with van der Waals surface area (Å²) in [4.78, 5) is 6.14. The fourth-order valence-electron chi connectivity index (χ4n) is 2.84. The quantitative estimate of drug-likeness (QED) is 0.897. The van der Waals surface area contributed by atoms with Crippen LogP contribution >= 0.6 is 0 Å². The molecule has 0 amide bonds. The van der Waals surface area contributed by atoms with Gasteiger partial charge in [-0.05, 0) is 25.0 Å². The second kappa shape index (κ2) is 5.73. The number of fused-ring (bicyclic) bond motifs is 1. The third kappa shape index (κ3) is 2.74. The molecule has 1 aliphatic heterocycles. The second-order valence-corrected chi connectivity index (χ2v) is 7.25. The normalized spacial score (nSPS) is 15.8. The minimum atomic E-state index is -3.57. The first-order chi connectivity index (χ1) is 10.5. The van der Waals surface area contributed by atoms with Gasteiger partial charge in [0.15, 0.2) is 0 Å². The van der Waals surface area contributed by atoms with Crippen LogP contribution in [-0.4, -0.2) is 37.1 Å². The summed E-state index contributed by atoms with van der Waals surface area (Å²) in [5, 5.41) is 0.0431. The molecule has 1 aromatic heterocycles. The van der Waals surface area contributed by atoms with Gasteiger partial charge in [0.1, 0.15) is 0 Å². The number of benzene rings is 1. The molecule has 0 radical (unpaired) electrons. The van der Waals surface area contributed by atoms with Gasteiger partial charge in [-0.25, -0.2) is 18.1 Å². The Kier molecular flexibility index (Phi) is 3.92. The zero-order valence-corrected chi connectivity index (χ0v) is 13.5.